The molecule has 28 heavy (non-hydrogen) atoms. The molecule has 1 aromatic carbocycles. The third-order valence-electron chi connectivity index (χ3n) is 5.91. The molecular formula is C21H28N4O3. The molecular weight excluding hydrogens is 356 g/mol. The van der Waals surface area contributed by atoms with Crippen molar-refractivity contribution in [3.63, 3.8) is 0 Å². The summed E-state index contributed by atoms with van der Waals surface area (Å²) in [4.78, 5) is 4.82. The summed E-state index contributed by atoms with van der Waals surface area (Å²) in [6.07, 6.45) is 4.39. The third-order valence-corrected chi connectivity index (χ3v) is 5.91. The zero-order valence-electron chi connectivity index (χ0n) is 16.7. The van der Waals surface area contributed by atoms with Gasteiger partial charge in [0.25, 0.3) is 0 Å². The van der Waals surface area contributed by atoms with Crippen LogP contribution >= 0.6 is 0 Å². The predicted molar refractivity (Wildman–Crippen MR) is 107 cm³/mol. The Morgan fingerprint density at radius 1 is 1.29 bits per heavy atom. The maximum atomic E-state index is 9.67. The Morgan fingerprint density at radius 2 is 2.04 bits per heavy atom. The lowest BCUT2D eigenvalue weighted by Crippen LogP contribution is -2.27. The smallest absolute Gasteiger partial charge is 0.141 e. The number of aryl methyl sites for hydroxylation is 2. The molecule has 7 nitrogen and oxygen atoms in total. The molecule has 0 aliphatic heterocycles. The van der Waals surface area contributed by atoms with Crippen molar-refractivity contribution in [3.05, 3.63) is 35.5 Å². The highest BCUT2D eigenvalue weighted by atomic mass is 16.5. The second-order valence-corrected chi connectivity index (χ2v) is 7.70. The van der Waals surface area contributed by atoms with E-state index >= 15 is 0 Å². The summed E-state index contributed by atoms with van der Waals surface area (Å²) in [5, 5.41) is 13.7. The van der Waals surface area contributed by atoms with Crippen LogP contribution in [0.3, 0.4) is 0 Å². The minimum absolute atomic E-state index is 0.131. The average molecular weight is 384 g/mol. The van der Waals surface area contributed by atoms with Gasteiger partial charge in [0.1, 0.15) is 11.6 Å². The van der Waals surface area contributed by atoms with Crippen LogP contribution in [0.15, 0.2) is 22.7 Å². The molecule has 1 fully saturated rings. The van der Waals surface area contributed by atoms with Crippen LogP contribution in [0.5, 0.6) is 0 Å². The highest BCUT2D eigenvalue weighted by Gasteiger charge is 2.27. The normalized spacial score (nSPS) is 21.3. The number of rotatable bonds is 5. The van der Waals surface area contributed by atoms with Crippen LogP contribution in [0.1, 0.15) is 55.0 Å². The maximum Gasteiger partial charge on any atom is 0.141 e. The van der Waals surface area contributed by atoms with Crippen molar-refractivity contribution in [2.45, 2.75) is 57.7 Å². The van der Waals surface area contributed by atoms with Gasteiger partial charge in [-0.25, -0.2) is 4.98 Å². The Morgan fingerprint density at radius 3 is 2.64 bits per heavy atom. The van der Waals surface area contributed by atoms with Crippen LogP contribution < -0.4 is 5.73 Å². The van der Waals surface area contributed by atoms with Crippen molar-refractivity contribution in [2.75, 3.05) is 13.7 Å². The number of nitrogens with zero attached hydrogens (tertiary/aromatic N) is 3. The molecule has 1 saturated carbocycles. The summed E-state index contributed by atoms with van der Waals surface area (Å²) in [7, 11) is 1.78. The van der Waals surface area contributed by atoms with E-state index in [9.17, 15) is 5.11 Å². The lowest BCUT2D eigenvalue weighted by atomic mass is 9.92. The summed E-state index contributed by atoms with van der Waals surface area (Å²) >= 11 is 0. The van der Waals surface area contributed by atoms with Gasteiger partial charge in [-0.1, -0.05) is 11.2 Å². The van der Waals surface area contributed by atoms with Crippen LogP contribution in [0.25, 0.3) is 22.2 Å². The van der Waals surface area contributed by atoms with Crippen molar-refractivity contribution in [3.8, 4) is 11.1 Å². The number of hydrogen-bond donors (Lipinski definition) is 2. The largest absolute Gasteiger partial charge is 0.394 e. The molecule has 150 valence electrons. The zero-order valence-corrected chi connectivity index (χ0v) is 16.7. The fourth-order valence-corrected chi connectivity index (χ4v) is 4.43. The third kappa shape index (κ3) is 3.23. The fourth-order valence-electron chi connectivity index (χ4n) is 4.43. The second kappa shape index (κ2) is 7.66. The number of hydrogen-bond acceptors (Lipinski definition) is 6. The molecule has 0 bridgehead atoms. The molecule has 3 N–H and O–H groups in total. The summed E-state index contributed by atoms with van der Waals surface area (Å²) in [6, 6.07) is 6.05. The second-order valence-electron chi connectivity index (χ2n) is 7.70. The van der Waals surface area contributed by atoms with Gasteiger partial charge in [0.05, 0.1) is 35.5 Å². The Kier molecular flexibility index (Phi) is 5.23. The summed E-state index contributed by atoms with van der Waals surface area (Å²) in [5.74, 6) is 1.54. The first-order chi connectivity index (χ1) is 13.5. The summed E-state index contributed by atoms with van der Waals surface area (Å²) in [5.41, 5.74) is 11.0. The van der Waals surface area contributed by atoms with Crippen molar-refractivity contribution in [1.29, 1.82) is 0 Å². The highest BCUT2D eigenvalue weighted by Crippen LogP contribution is 2.36. The first-order valence-electron chi connectivity index (χ1n) is 9.87. The molecule has 7 heteroatoms. The molecule has 3 aromatic rings. The predicted octanol–water partition coefficient (Wildman–Crippen LogP) is 3.43. The lowest BCUT2D eigenvalue weighted by Gasteiger charge is -2.30. The van der Waals surface area contributed by atoms with E-state index in [0.717, 1.165) is 65.1 Å². The van der Waals surface area contributed by atoms with E-state index in [2.05, 4.69) is 27.9 Å². The Bertz CT molecular complexity index is 950. The van der Waals surface area contributed by atoms with Gasteiger partial charge < -0.3 is 24.7 Å². The molecule has 1 aliphatic rings. The molecule has 0 amide bonds. The Labute approximate surface area is 164 Å². The Balaban J connectivity index is 1.79. The summed E-state index contributed by atoms with van der Waals surface area (Å²) in [6.45, 7) is 3.73. The molecule has 2 heterocycles. The number of ether oxygens (including phenoxy) is 1. The number of imidazole rings is 1. The monoisotopic (exact) mass is 384 g/mol. The highest BCUT2D eigenvalue weighted by molar-refractivity contribution is 5.83. The number of benzene rings is 1. The van der Waals surface area contributed by atoms with E-state index < -0.39 is 6.04 Å². The molecule has 1 unspecified atom stereocenters. The molecule has 2 aromatic heterocycles. The van der Waals surface area contributed by atoms with Gasteiger partial charge in [0, 0.05) is 18.7 Å². The number of aromatic nitrogens is 3. The van der Waals surface area contributed by atoms with Gasteiger partial charge in [-0.15, -0.1) is 0 Å². The molecule has 1 aliphatic carbocycles. The van der Waals surface area contributed by atoms with Crippen LogP contribution in [0, 0.1) is 13.8 Å². The van der Waals surface area contributed by atoms with E-state index in [0.29, 0.717) is 12.1 Å². The van der Waals surface area contributed by atoms with Gasteiger partial charge in [-0.2, -0.15) is 0 Å². The van der Waals surface area contributed by atoms with Crippen LogP contribution in [0.2, 0.25) is 0 Å². The molecule has 0 radical (unpaired) electrons. The number of methoxy groups -OCH3 is 1. The van der Waals surface area contributed by atoms with E-state index in [4.69, 9.17) is 20.0 Å². The fraction of sp³-hybridized carbons (Fsp3) is 0.524. The minimum Gasteiger partial charge on any atom is -0.394 e. The van der Waals surface area contributed by atoms with Crippen molar-refractivity contribution in [1.82, 2.24) is 14.7 Å². The first kappa shape index (κ1) is 19.1. The van der Waals surface area contributed by atoms with Crippen molar-refractivity contribution < 1.29 is 14.4 Å². The number of aliphatic hydroxyl groups excluding tert-OH is 1. The summed E-state index contributed by atoms with van der Waals surface area (Å²) < 4.78 is 13.1. The van der Waals surface area contributed by atoms with Gasteiger partial charge in [0.2, 0.25) is 0 Å². The van der Waals surface area contributed by atoms with Crippen LogP contribution in [0.4, 0.5) is 0 Å². The molecule has 4 rings (SSSR count). The zero-order chi connectivity index (χ0) is 19.8. The van der Waals surface area contributed by atoms with Gasteiger partial charge >= 0.3 is 0 Å². The van der Waals surface area contributed by atoms with E-state index in [-0.39, 0.29) is 6.61 Å². The SMILES string of the molecule is COC1CCC(n2c(C(N)CO)nc3cc(-c4c(C)noc4C)ccc32)CC1. The van der Waals surface area contributed by atoms with E-state index in [1.54, 1.807) is 7.11 Å². The standard InChI is InChI=1S/C21H28N4O3/c1-12-20(13(2)28-24-12)14-4-9-19-18(10-14)23-21(17(22)11-26)25(19)15-5-7-16(27-3)8-6-15/h4,9-10,15-17,26H,5-8,11,22H2,1-3H3. The number of aliphatic hydroxyl groups is 1. The Hall–Kier alpha value is -2.22. The van der Waals surface area contributed by atoms with E-state index in [1.165, 1.54) is 0 Å². The number of fused-ring (bicyclic) bond motifs is 1. The minimum atomic E-state index is -0.505. The molecule has 1 atom stereocenters. The van der Waals surface area contributed by atoms with Crippen LogP contribution in [-0.2, 0) is 4.74 Å². The molecule has 0 saturated heterocycles. The van der Waals surface area contributed by atoms with Gasteiger partial charge in [-0.05, 0) is 57.2 Å². The quantitative estimate of drug-likeness (QED) is 0.699. The van der Waals surface area contributed by atoms with Crippen molar-refractivity contribution in [2.24, 2.45) is 5.73 Å². The average Bonchev–Trinajstić information content (AvgIpc) is 3.26. The lowest BCUT2D eigenvalue weighted by molar-refractivity contribution is 0.0583. The maximum absolute atomic E-state index is 9.67. The first-order valence-corrected chi connectivity index (χ1v) is 9.87. The van der Waals surface area contributed by atoms with Crippen molar-refractivity contribution >= 4 is 11.0 Å². The number of nitrogens with two attached hydrogens (primary N) is 1. The van der Waals surface area contributed by atoms with Crippen LogP contribution in [-0.4, -0.2) is 39.6 Å². The topological polar surface area (TPSA) is 99.3 Å². The van der Waals surface area contributed by atoms with Gasteiger partial charge in [-0.3, -0.25) is 0 Å². The molecule has 0 spiro atoms. The van der Waals surface area contributed by atoms with Gasteiger partial charge in [0.15, 0.2) is 0 Å². The van der Waals surface area contributed by atoms with E-state index in [1.807, 2.05) is 13.8 Å².